The van der Waals surface area contributed by atoms with E-state index in [1.807, 2.05) is 29.2 Å². The van der Waals surface area contributed by atoms with Crippen LogP contribution in [0.1, 0.15) is 17.4 Å². The van der Waals surface area contributed by atoms with Gasteiger partial charge in [0.2, 0.25) is 11.8 Å². The van der Waals surface area contributed by atoms with Crippen LogP contribution in [0.15, 0.2) is 29.6 Å². The Morgan fingerprint density at radius 2 is 1.56 bits per heavy atom. The first-order chi connectivity index (χ1) is 16.4. The van der Waals surface area contributed by atoms with Crippen LogP contribution >= 0.6 is 11.3 Å². The number of carbonyl (C=O) groups excluding carboxylic acids is 3. The van der Waals surface area contributed by atoms with Crippen LogP contribution in [0.4, 0.5) is 10.8 Å². The number of hydrogen-bond acceptors (Lipinski definition) is 8. The Kier molecular flexibility index (Phi) is 7.63. The number of nitrogens with one attached hydrogen (secondary N) is 1. The number of ether oxygens (including phenoxy) is 1. The molecule has 2 fully saturated rings. The van der Waals surface area contributed by atoms with Crippen molar-refractivity contribution in [1.82, 2.24) is 24.6 Å². The third-order valence-corrected chi connectivity index (χ3v) is 6.92. The second-order valence-corrected chi connectivity index (χ2v) is 9.20. The van der Waals surface area contributed by atoms with Crippen molar-refractivity contribution in [3.05, 3.63) is 35.3 Å². The molecule has 0 unspecified atom stereocenters. The highest BCUT2D eigenvalue weighted by atomic mass is 32.1. The molecule has 34 heavy (non-hydrogen) atoms. The van der Waals surface area contributed by atoms with Crippen molar-refractivity contribution in [2.45, 2.75) is 6.92 Å². The molecular weight excluding hydrogens is 456 g/mol. The van der Waals surface area contributed by atoms with Gasteiger partial charge in [-0.1, -0.05) is 0 Å². The highest BCUT2D eigenvalue weighted by Gasteiger charge is 2.27. The third kappa shape index (κ3) is 5.84. The standard InChI is InChI=1S/C23H30N6O4S/c1-17(30)27-11-13-28(14-12-27)21(31)15-26-7-9-29(10-8-26)22(32)20-16-34-23(25-20)24-18-3-5-19(33-2)6-4-18/h3-6,16H,7-15H2,1-2H3,(H,24,25). The van der Waals surface area contributed by atoms with Crippen molar-refractivity contribution in [1.29, 1.82) is 0 Å². The van der Waals surface area contributed by atoms with Crippen LogP contribution in [-0.4, -0.2) is 108 Å². The summed E-state index contributed by atoms with van der Waals surface area (Å²) in [5, 5.41) is 5.63. The maximum absolute atomic E-state index is 12.9. The number of anilines is 2. The van der Waals surface area contributed by atoms with E-state index >= 15 is 0 Å². The van der Waals surface area contributed by atoms with Gasteiger partial charge in [0, 0.05) is 70.3 Å². The first kappa shape index (κ1) is 24.0. The number of aromatic nitrogens is 1. The Labute approximate surface area is 203 Å². The van der Waals surface area contributed by atoms with Gasteiger partial charge >= 0.3 is 0 Å². The highest BCUT2D eigenvalue weighted by Crippen LogP contribution is 2.23. The summed E-state index contributed by atoms with van der Waals surface area (Å²) in [4.78, 5) is 48.9. The Hall–Kier alpha value is -3.18. The Balaban J connectivity index is 1.23. The number of amides is 3. The fraction of sp³-hybridized carbons (Fsp3) is 0.478. The van der Waals surface area contributed by atoms with E-state index in [1.54, 1.807) is 29.2 Å². The van der Waals surface area contributed by atoms with Crippen molar-refractivity contribution in [2.24, 2.45) is 0 Å². The van der Waals surface area contributed by atoms with Crippen LogP contribution in [0.25, 0.3) is 0 Å². The van der Waals surface area contributed by atoms with Gasteiger partial charge in [-0.15, -0.1) is 11.3 Å². The third-order valence-electron chi connectivity index (χ3n) is 6.16. The van der Waals surface area contributed by atoms with E-state index in [4.69, 9.17) is 4.74 Å². The number of hydrogen-bond donors (Lipinski definition) is 1. The van der Waals surface area contributed by atoms with Gasteiger partial charge in [0.1, 0.15) is 11.4 Å². The smallest absolute Gasteiger partial charge is 0.273 e. The van der Waals surface area contributed by atoms with Crippen LogP contribution in [0.2, 0.25) is 0 Å². The monoisotopic (exact) mass is 486 g/mol. The number of nitrogens with zero attached hydrogens (tertiary/aromatic N) is 5. The van der Waals surface area contributed by atoms with E-state index in [2.05, 4.69) is 15.2 Å². The van der Waals surface area contributed by atoms with Gasteiger partial charge in [-0.2, -0.15) is 0 Å². The van der Waals surface area contributed by atoms with Gasteiger partial charge in [0.15, 0.2) is 5.13 Å². The van der Waals surface area contributed by atoms with Crippen molar-refractivity contribution < 1.29 is 19.1 Å². The number of piperazine rings is 2. The van der Waals surface area contributed by atoms with Crippen molar-refractivity contribution in [3.8, 4) is 5.75 Å². The fourth-order valence-electron chi connectivity index (χ4n) is 4.06. The number of thiazole rings is 1. The van der Waals surface area contributed by atoms with Crippen LogP contribution in [0, 0.1) is 0 Å². The lowest BCUT2D eigenvalue weighted by atomic mass is 10.2. The Morgan fingerprint density at radius 3 is 2.18 bits per heavy atom. The van der Waals surface area contributed by atoms with E-state index in [1.165, 1.54) is 11.3 Å². The summed E-state index contributed by atoms with van der Waals surface area (Å²) >= 11 is 1.39. The van der Waals surface area contributed by atoms with Gasteiger partial charge in [-0.3, -0.25) is 19.3 Å². The molecule has 4 rings (SSSR count). The zero-order valence-corrected chi connectivity index (χ0v) is 20.3. The minimum atomic E-state index is -0.0923. The average Bonchev–Trinajstić information content (AvgIpc) is 3.33. The molecule has 3 heterocycles. The van der Waals surface area contributed by atoms with Gasteiger partial charge in [0.05, 0.1) is 13.7 Å². The molecule has 11 heteroatoms. The van der Waals surface area contributed by atoms with Crippen molar-refractivity contribution >= 4 is 39.9 Å². The number of rotatable bonds is 6. The predicted octanol–water partition coefficient (Wildman–Crippen LogP) is 1.34. The van der Waals surface area contributed by atoms with E-state index in [-0.39, 0.29) is 17.7 Å². The lowest BCUT2D eigenvalue weighted by Crippen LogP contribution is -2.55. The summed E-state index contributed by atoms with van der Waals surface area (Å²) < 4.78 is 5.16. The van der Waals surface area contributed by atoms with Crippen molar-refractivity contribution in [3.63, 3.8) is 0 Å². The van der Waals surface area contributed by atoms with E-state index in [9.17, 15) is 14.4 Å². The highest BCUT2D eigenvalue weighted by molar-refractivity contribution is 7.14. The minimum Gasteiger partial charge on any atom is -0.497 e. The largest absolute Gasteiger partial charge is 0.497 e. The maximum Gasteiger partial charge on any atom is 0.273 e. The minimum absolute atomic E-state index is 0.0524. The maximum atomic E-state index is 12.9. The molecule has 2 saturated heterocycles. The number of carbonyl (C=O) groups is 3. The molecule has 0 aliphatic carbocycles. The molecule has 2 aliphatic rings. The van der Waals surface area contributed by atoms with Crippen LogP contribution in [0.5, 0.6) is 5.75 Å². The summed E-state index contributed by atoms with van der Waals surface area (Å²) in [6, 6.07) is 7.51. The van der Waals surface area contributed by atoms with Gasteiger partial charge in [-0.05, 0) is 24.3 Å². The van der Waals surface area contributed by atoms with Crippen LogP contribution in [0.3, 0.4) is 0 Å². The summed E-state index contributed by atoms with van der Waals surface area (Å²) in [5.41, 5.74) is 1.30. The van der Waals surface area contributed by atoms with Gasteiger partial charge in [0.25, 0.3) is 5.91 Å². The summed E-state index contributed by atoms with van der Waals surface area (Å²) in [7, 11) is 1.62. The van der Waals surface area contributed by atoms with E-state index < -0.39 is 0 Å². The summed E-state index contributed by atoms with van der Waals surface area (Å²) in [5.74, 6) is 0.815. The quantitative estimate of drug-likeness (QED) is 0.658. The fourth-order valence-corrected chi connectivity index (χ4v) is 4.76. The molecule has 1 aromatic heterocycles. The molecule has 1 aromatic carbocycles. The Bertz CT molecular complexity index is 1010. The van der Waals surface area contributed by atoms with E-state index in [0.29, 0.717) is 69.7 Å². The normalized spacial score (nSPS) is 16.9. The molecule has 2 aromatic rings. The van der Waals surface area contributed by atoms with Crippen LogP contribution in [-0.2, 0) is 9.59 Å². The topological polar surface area (TPSA) is 98.3 Å². The molecule has 1 N–H and O–H groups in total. The molecule has 0 radical (unpaired) electrons. The second-order valence-electron chi connectivity index (χ2n) is 8.35. The molecule has 0 bridgehead atoms. The molecule has 182 valence electrons. The average molecular weight is 487 g/mol. The first-order valence-electron chi connectivity index (χ1n) is 11.3. The lowest BCUT2D eigenvalue weighted by molar-refractivity contribution is -0.139. The molecule has 0 spiro atoms. The first-order valence-corrected chi connectivity index (χ1v) is 12.2. The SMILES string of the molecule is COc1ccc(Nc2nc(C(=O)N3CCN(CC(=O)N4CCN(C(C)=O)CC4)CC3)cs2)cc1. The Morgan fingerprint density at radius 1 is 0.941 bits per heavy atom. The number of benzene rings is 1. The summed E-state index contributed by atoms with van der Waals surface area (Å²) in [6.45, 7) is 6.64. The molecule has 0 atom stereocenters. The molecule has 3 amide bonds. The molecule has 0 saturated carbocycles. The van der Waals surface area contributed by atoms with Crippen LogP contribution < -0.4 is 10.1 Å². The summed E-state index contributed by atoms with van der Waals surface area (Å²) in [6.07, 6.45) is 0. The zero-order chi connectivity index (χ0) is 24.1. The van der Waals surface area contributed by atoms with Gasteiger partial charge < -0.3 is 24.8 Å². The molecular formula is C23H30N6O4S. The molecule has 10 nitrogen and oxygen atoms in total. The molecule has 2 aliphatic heterocycles. The number of methoxy groups -OCH3 is 1. The predicted molar refractivity (Wildman–Crippen MR) is 130 cm³/mol. The van der Waals surface area contributed by atoms with Crippen molar-refractivity contribution in [2.75, 3.05) is 71.3 Å². The van der Waals surface area contributed by atoms with E-state index in [0.717, 1.165) is 11.4 Å². The zero-order valence-electron chi connectivity index (χ0n) is 19.5. The lowest BCUT2D eigenvalue weighted by Gasteiger charge is -2.37. The second kappa shape index (κ2) is 10.8. The van der Waals surface area contributed by atoms with Gasteiger partial charge in [-0.25, -0.2) is 4.98 Å².